The van der Waals surface area contributed by atoms with E-state index >= 15 is 0 Å². The number of nitrogens with zero attached hydrogens (tertiary/aromatic N) is 3. The molecule has 4 heteroatoms. The Balaban J connectivity index is 2.98. The van der Waals surface area contributed by atoms with E-state index in [4.69, 9.17) is 11.3 Å². The number of anilines is 1. The topological polar surface area (TPSA) is 74.8 Å². The molecule has 68 valence electrons. The van der Waals surface area contributed by atoms with E-state index in [-0.39, 0.29) is 0 Å². The second-order valence-corrected chi connectivity index (χ2v) is 2.83. The molecule has 1 rings (SSSR count). The Morgan fingerprint density at radius 2 is 2.31 bits per heavy atom. The Morgan fingerprint density at radius 1 is 1.54 bits per heavy atom. The standard InChI is InChI=1S/C9H12N4/c1-2-3-7-4-5-9(12-13-11)8(10)6-7/h4-6H,2-3,10H2,1H3. The van der Waals surface area contributed by atoms with Gasteiger partial charge in [-0.3, -0.25) is 0 Å². The summed E-state index contributed by atoms with van der Waals surface area (Å²) in [6.45, 7) is 2.11. The highest BCUT2D eigenvalue weighted by Crippen LogP contribution is 2.23. The molecule has 0 fully saturated rings. The minimum absolute atomic E-state index is 0.502. The van der Waals surface area contributed by atoms with Crippen LogP contribution in [0.15, 0.2) is 23.3 Å². The van der Waals surface area contributed by atoms with E-state index in [1.54, 1.807) is 6.07 Å². The van der Waals surface area contributed by atoms with Crippen molar-refractivity contribution in [1.82, 2.24) is 0 Å². The van der Waals surface area contributed by atoms with Gasteiger partial charge in [0.05, 0.1) is 5.69 Å². The lowest BCUT2D eigenvalue weighted by Crippen LogP contribution is -1.89. The minimum Gasteiger partial charge on any atom is -0.398 e. The molecule has 0 bridgehead atoms. The number of nitrogen functional groups attached to an aromatic ring is 1. The highest BCUT2D eigenvalue weighted by atomic mass is 15.1. The molecule has 13 heavy (non-hydrogen) atoms. The van der Waals surface area contributed by atoms with Crippen molar-refractivity contribution < 1.29 is 0 Å². The largest absolute Gasteiger partial charge is 0.398 e. The highest BCUT2D eigenvalue weighted by Gasteiger charge is 1.97. The molecule has 1 aromatic carbocycles. The zero-order chi connectivity index (χ0) is 9.68. The van der Waals surface area contributed by atoms with E-state index in [2.05, 4.69) is 16.9 Å². The molecule has 0 saturated heterocycles. The molecule has 0 amide bonds. The van der Waals surface area contributed by atoms with Crippen LogP contribution in [-0.2, 0) is 6.42 Å². The lowest BCUT2D eigenvalue weighted by Gasteiger charge is -2.02. The van der Waals surface area contributed by atoms with Crippen molar-refractivity contribution in [3.05, 3.63) is 34.2 Å². The van der Waals surface area contributed by atoms with Crippen LogP contribution in [0.2, 0.25) is 0 Å². The number of hydrogen-bond acceptors (Lipinski definition) is 2. The lowest BCUT2D eigenvalue weighted by molar-refractivity contribution is 0.922. The van der Waals surface area contributed by atoms with Crippen LogP contribution in [-0.4, -0.2) is 0 Å². The molecule has 0 aromatic heterocycles. The second-order valence-electron chi connectivity index (χ2n) is 2.83. The van der Waals surface area contributed by atoms with Gasteiger partial charge < -0.3 is 5.73 Å². The summed E-state index contributed by atoms with van der Waals surface area (Å²) in [6.07, 6.45) is 2.08. The van der Waals surface area contributed by atoms with Crippen LogP contribution in [0, 0.1) is 0 Å². The van der Waals surface area contributed by atoms with Crippen molar-refractivity contribution in [3.63, 3.8) is 0 Å². The van der Waals surface area contributed by atoms with Gasteiger partial charge in [-0.15, -0.1) is 0 Å². The third-order valence-corrected chi connectivity index (χ3v) is 1.78. The first kappa shape index (κ1) is 9.42. The average molecular weight is 176 g/mol. The zero-order valence-electron chi connectivity index (χ0n) is 7.57. The molecule has 0 saturated carbocycles. The van der Waals surface area contributed by atoms with Gasteiger partial charge in [-0.25, -0.2) is 0 Å². The van der Waals surface area contributed by atoms with Crippen molar-refractivity contribution in [2.24, 2.45) is 5.11 Å². The first-order chi connectivity index (χ1) is 6.27. The summed E-state index contributed by atoms with van der Waals surface area (Å²) in [5.74, 6) is 0. The van der Waals surface area contributed by atoms with Crippen molar-refractivity contribution in [2.75, 3.05) is 5.73 Å². The summed E-state index contributed by atoms with van der Waals surface area (Å²) >= 11 is 0. The van der Waals surface area contributed by atoms with Crippen molar-refractivity contribution in [2.45, 2.75) is 19.8 Å². The SMILES string of the molecule is CCCc1ccc(N=[N+]=[N-])c(N)c1. The van der Waals surface area contributed by atoms with E-state index in [1.165, 1.54) is 5.56 Å². The zero-order valence-corrected chi connectivity index (χ0v) is 7.57. The summed E-state index contributed by atoms with van der Waals surface area (Å²) in [4.78, 5) is 2.69. The fraction of sp³-hybridized carbons (Fsp3) is 0.333. The van der Waals surface area contributed by atoms with E-state index < -0.39 is 0 Å². The summed E-state index contributed by atoms with van der Waals surface area (Å²) in [7, 11) is 0. The van der Waals surface area contributed by atoms with Gasteiger partial charge in [0.2, 0.25) is 0 Å². The van der Waals surface area contributed by atoms with Crippen molar-refractivity contribution in [3.8, 4) is 0 Å². The molecular weight excluding hydrogens is 164 g/mol. The van der Waals surface area contributed by atoms with E-state index in [0.29, 0.717) is 11.4 Å². The van der Waals surface area contributed by atoms with Crippen LogP contribution >= 0.6 is 0 Å². The van der Waals surface area contributed by atoms with Gasteiger partial charge in [-0.2, -0.15) is 0 Å². The summed E-state index contributed by atoms with van der Waals surface area (Å²) in [5.41, 5.74) is 16.1. The molecular formula is C9H12N4. The number of aryl methyl sites for hydroxylation is 1. The van der Waals surface area contributed by atoms with E-state index in [0.717, 1.165) is 12.8 Å². The molecule has 4 nitrogen and oxygen atoms in total. The normalized spacial score (nSPS) is 9.31. The third kappa shape index (κ3) is 2.39. The number of benzene rings is 1. The lowest BCUT2D eigenvalue weighted by atomic mass is 10.1. The Bertz CT molecular complexity index is 339. The molecule has 0 aliphatic rings. The van der Waals surface area contributed by atoms with Gasteiger partial charge >= 0.3 is 0 Å². The van der Waals surface area contributed by atoms with Gasteiger partial charge in [0.1, 0.15) is 0 Å². The molecule has 0 aliphatic heterocycles. The highest BCUT2D eigenvalue weighted by molar-refractivity contribution is 5.63. The van der Waals surface area contributed by atoms with Gasteiger partial charge in [-0.1, -0.05) is 30.6 Å². The van der Waals surface area contributed by atoms with E-state index in [1.807, 2.05) is 12.1 Å². The second kappa shape index (κ2) is 4.38. The Morgan fingerprint density at radius 3 is 2.85 bits per heavy atom. The number of rotatable bonds is 3. The first-order valence-electron chi connectivity index (χ1n) is 4.21. The number of hydrogen-bond donors (Lipinski definition) is 1. The summed E-state index contributed by atoms with van der Waals surface area (Å²) in [5, 5.41) is 3.46. The van der Waals surface area contributed by atoms with Gasteiger partial charge in [0, 0.05) is 10.6 Å². The van der Waals surface area contributed by atoms with Crippen molar-refractivity contribution >= 4 is 11.4 Å². The fourth-order valence-corrected chi connectivity index (χ4v) is 1.19. The molecule has 0 radical (unpaired) electrons. The monoisotopic (exact) mass is 176 g/mol. The smallest absolute Gasteiger partial charge is 0.0605 e. The summed E-state index contributed by atoms with van der Waals surface area (Å²) < 4.78 is 0. The Kier molecular flexibility index (Phi) is 3.17. The molecule has 0 atom stereocenters. The van der Waals surface area contributed by atoms with Crippen LogP contribution in [0.4, 0.5) is 11.4 Å². The molecule has 0 heterocycles. The maximum atomic E-state index is 8.22. The quantitative estimate of drug-likeness (QED) is 0.326. The van der Waals surface area contributed by atoms with Crippen molar-refractivity contribution in [1.29, 1.82) is 0 Å². The third-order valence-electron chi connectivity index (χ3n) is 1.78. The van der Waals surface area contributed by atoms with Crippen LogP contribution in [0.3, 0.4) is 0 Å². The number of azide groups is 1. The Hall–Kier alpha value is -1.67. The maximum Gasteiger partial charge on any atom is 0.0605 e. The molecule has 2 N–H and O–H groups in total. The molecule has 0 aliphatic carbocycles. The molecule has 0 unspecified atom stereocenters. The van der Waals surface area contributed by atoms with Crippen LogP contribution in [0.5, 0.6) is 0 Å². The van der Waals surface area contributed by atoms with Crippen LogP contribution < -0.4 is 5.73 Å². The van der Waals surface area contributed by atoms with Crippen LogP contribution in [0.1, 0.15) is 18.9 Å². The van der Waals surface area contributed by atoms with Gasteiger partial charge in [-0.05, 0) is 23.6 Å². The molecule has 0 spiro atoms. The number of nitrogens with two attached hydrogens (primary N) is 1. The molecule has 1 aromatic rings. The maximum absolute atomic E-state index is 8.22. The van der Waals surface area contributed by atoms with E-state index in [9.17, 15) is 0 Å². The van der Waals surface area contributed by atoms with Crippen LogP contribution in [0.25, 0.3) is 10.4 Å². The minimum atomic E-state index is 0.502. The Labute approximate surface area is 77.0 Å². The van der Waals surface area contributed by atoms with Gasteiger partial charge in [0.15, 0.2) is 0 Å². The fourth-order valence-electron chi connectivity index (χ4n) is 1.19. The average Bonchev–Trinajstić information content (AvgIpc) is 2.10. The van der Waals surface area contributed by atoms with Gasteiger partial charge in [0.25, 0.3) is 0 Å². The predicted molar refractivity (Wildman–Crippen MR) is 53.7 cm³/mol. The predicted octanol–water partition coefficient (Wildman–Crippen LogP) is 3.16. The first-order valence-corrected chi connectivity index (χ1v) is 4.21. The summed E-state index contributed by atoms with van der Waals surface area (Å²) in [6, 6.07) is 5.54.